The first-order valence-electron chi connectivity index (χ1n) is 23.3. The molecule has 60 heavy (non-hydrogen) atoms. The second kappa shape index (κ2) is 38.8. The third-order valence-corrected chi connectivity index (χ3v) is 10.4. The lowest BCUT2D eigenvalue weighted by molar-refractivity contribution is -0.298. The van der Waals surface area contributed by atoms with Crippen molar-refractivity contribution in [2.24, 2.45) is 0 Å². The maximum absolute atomic E-state index is 12.8. The average molecular weight is 847 g/mol. The summed E-state index contributed by atoms with van der Waals surface area (Å²) in [5.74, 6) is -2.55. The van der Waals surface area contributed by atoms with Crippen LogP contribution in [0.3, 0.4) is 0 Å². The summed E-state index contributed by atoms with van der Waals surface area (Å²) >= 11 is 0. The highest BCUT2D eigenvalue weighted by atomic mass is 16.7. The predicted molar refractivity (Wildman–Crippen MR) is 238 cm³/mol. The van der Waals surface area contributed by atoms with E-state index < -0.39 is 61.3 Å². The van der Waals surface area contributed by atoms with Gasteiger partial charge in [-0.15, -0.1) is 0 Å². The minimum absolute atomic E-state index is 0.112. The van der Waals surface area contributed by atoms with Crippen LogP contribution in [0, 0.1) is 0 Å². The lowest BCUT2D eigenvalue weighted by Crippen LogP contribution is -2.60. The number of carbonyl (C=O) groups excluding carboxylic acids is 2. The predicted octanol–water partition coefficient (Wildman–Crippen LogP) is 10.3. The van der Waals surface area contributed by atoms with Crippen LogP contribution in [0.5, 0.6) is 0 Å². The van der Waals surface area contributed by atoms with Crippen molar-refractivity contribution in [3.8, 4) is 0 Å². The third-order valence-electron chi connectivity index (χ3n) is 10.4. The SMILES string of the molecule is CC/C=C\C/C=C\C/C=C\C/C=C\CCC(=O)OCC(COC1OC(C(=O)O)C(O)C(O)C1O)OC(=O)CCCCCCCCCCC/C=C\CCCCCCCCCC. The van der Waals surface area contributed by atoms with Gasteiger partial charge in [0.2, 0.25) is 0 Å². The second-order valence-electron chi connectivity index (χ2n) is 15.9. The minimum Gasteiger partial charge on any atom is -0.479 e. The van der Waals surface area contributed by atoms with E-state index in [1.807, 2.05) is 12.2 Å². The van der Waals surface area contributed by atoms with Gasteiger partial charge in [-0.3, -0.25) is 9.59 Å². The molecule has 0 aromatic heterocycles. The molecule has 0 aromatic rings. The Bertz CT molecular complexity index is 1230. The van der Waals surface area contributed by atoms with E-state index in [2.05, 4.69) is 62.5 Å². The maximum atomic E-state index is 12.8. The van der Waals surface area contributed by atoms with Crippen LogP contribution in [-0.4, -0.2) is 88.4 Å². The molecule has 0 aliphatic carbocycles. The number of hydrogen-bond donors (Lipinski definition) is 4. The number of aliphatic hydroxyl groups excluding tert-OH is 3. The molecule has 0 spiro atoms. The number of carboxylic acid groups (broad SMARTS) is 1. The van der Waals surface area contributed by atoms with Crippen molar-refractivity contribution in [1.82, 2.24) is 0 Å². The van der Waals surface area contributed by atoms with Crippen molar-refractivity contribution in [3.05, 3.63) is 60.8 Å². The van der Waals surface area contributed by atoms with E-state index in [0.29, 0.717) is 12.8 Å². The Balaban J connectivity index is 2.36. The Morgan fingerprint density at radius 3 is 1.55 bits per heavy atom. The van der Waals surface area contributed by atoms with Gasteiger partial charge in [0.05, 0.1) is 6.61 Å². The molecule has 0 aromatic carbocycles. The number of hydrogen-bond acceptors (Lipinski definition) is 10. The smallest absolute Gasteiger partial charge is 0.335 e. The van der Waals surface area contributed by atoms with E-state index in [4.69, 9.17) is 18.9 Å². The molecule has 0 bridgehead atoms. The topological polar surface area (TPSA) is 169 Å². The maximum Gasteiger partial charge on any atom is 0.335 e. The molecule has 1 fully saturated rings. The second-order valence-corrected chi connectivity index (χ2v) is 15.9. The number of ether oxygens (including phenoxy) is 4. The standard InChI is InChI=1S/C49H82O11/c1-3-5-7-9-11-13-15-17-18-19-20-21-22-23-24-26-28-30-32-34-36-38-43(51)59-41(40-58-49-46(54)44(52)45(53)47(60-49)48(55)56)39-57-42(50)37-35-33-31-29-27-25-16-14-12-10-8-6-4-2/h6,8,12,14,19-20,25,27,31,33,41,44-47,49,52-54H,3-5,7,9-11,13,15-18,21-24,26,28-30,32,34-40H2,1-2H3,(H,55,56)/b8-6-,14-12-,20-19-,27-25-,33-31-. The van der Waals surface area contributed by atoms with Crippen LogP contribution in [0.1, 0.15) is 181 Å². The van der Waals surface area contributed by atoms with Crippen LogP contribution < -0.4 is 0 Å². The fraction of sp³-hybridized carbons (Fsp3) is 0.735. The van der Waals surface area contributed by atoms with Crippen molar-refractivity contribution in [2.75, 3.05) is 13.2 Å². The molecule has 0 radical (unpaired) electrons. The monoisotopic (exact) mass is 847 g/mol. The largest absolute Gasteiger partial charge is 0.479 e. The Labute approximate surface area is 362 Å². The van der Waals surface area contributed by atoms with Crippen molar-refractivity contribution in [1.29, 1.82) is 0 Å². The molecule has 1 aliphatic heterocycles. The summed E-state index contributed by atoms with van der Waals surface area (Å²) in [5.41, 5.74) is 0. The Morgan fingerprint density at radius 2 is 1.02 bits per heavy atom. The van der Waals surface area contributed by atoms with Gasteiger partial charge in [0.1, 0.15) is 24.9 Å². The number of unbranched alkanes of at least 4 members (excludes halogenated alkanes) is 17. The highest BCUT2D eigenvalue weighted by molar-refractivity contribution is 5.73. The number of carbonyl (C=O) groups is 3. The van der Waals surface area contributed by atoms with Gasteiger partial charge in [-0.2, -0.15) is 0 Å². The summed E-state index contributed by atoms with van der Waals surface area (Å²) in [6, 6.07) is 0. The van der Waals surface area contributed by atoms with Crippen LogP contribution >= 0.6 is 0 Å². The van der Waals surface area contributed by atoms with Crippen LogP contribution in [0.25, 0.3) is 0 Å². The molecular weight excluding hydrogens is 765 g/mol. The van der Waals surface area contributed by atoms with Gasteiger partial charge in [-0.05, 0) is 64.2 Å². The summed E-state index contributed by atoms with van der Waals surface area (Å²) < 4.78 is 21.7. The third kappa shape index (κ3) is 30.0. The summed E-state index contributed by atoms with van der Waals surface area (Å²) in [6.07, 6.45) is 38.7. The Morgan fingerprint density at radius 1 is 0.533 bits per heavy atom. The number of carboxylic acids is 1. The summed E-state index contributed by atoms with van der Waals surface area (Å²) in [4.78, 5) is 36.8. The molecule has 11 heteroatoms. The zero-order chi connectivity index (χ0) is 43.9. The number of aliphatic hydroxyl groups is 3. The van der Waals surface area contributed by atoms with Gasteiger partial charge in [0, 0.05) is 12.8 Å². The lowest BCUT2D eigenvalue weighted by atomic mass is 9.99. The fourth-order valence-electron chi connectivity index (χ4n) is 6.71. The highest BCUT2D eigenvalue weighted by Gasteiger charge is 2.47. The van der Waals surface area contributed by atoms with Crippen LogP contribution in [0.4, 0.5) is 0 Å². The first-order valence-corrected chi connectivity index (χ1v) is 23.3. The molecule has 1 heterocycles. The molecule has 1 rings (SSSR count). The molecule has 11 nitrogen and oxygen atoms in total. The summed E-state index contributed by atoms with van der Waals surface area (Å²) in [6.45, 7) is 3.63. The number of esters is 2. The number of aliphatic carboxylic acids is 1. The highest BCUT2D eigenvalue weighted by Crippen LogP contribution is 2.23. The van der Waals surface area contributed by atoms with Crippen molar-refractivity contribution in [3.63, 3.8) is 0 Å². The molecule has 6 unspecified atom stereocenters. The molecule has 6 atom stereocenters. The molecule has 0 amide bonds. The van der Waals surface area contributed by atoms with Gasteiger partial charge in [0.25, 0.3) is 0 Å². The molecular formula is C49H82O11. The van der Waals surface area contributed by atoms with E-state index in [9.17, 15) is 34.8 Å². The number of rotatable bonds is 38. The van der Waals surface area contributed by atoms with Gasteiger partial charge in [0.15, 0.2) is 18.5 Å². The van der Waals surface area contributed by atoms with Gasteiger partial charge in [-0.1, -0.05) is 164 Å². The van der Waals surface area contributed by atoms with E-state index in [0.717, 1.165) is 44.9 Å². The van der Waals surface area contributed by atoms with E-state index in [1.165, 1.54) is 96.3 Å². The van der Waals surface area contributed by atoms with Crippen molar-refractivity contribution < 1.29 is 53.8 Å². The van der Waals surface area contributed by atoms with E-state index >= 15 is 0 Å². The summed E-state index contributed by atoms with van der Waals surface area (Å²) in [5, 5.41) is 39.8. The van der Waals surface area contributed by atoms with Gasteiger partial charge >= 0.3 is 17.9 Å². The fourth-order valence-corrected chi connectivity index (χ4v) is 6.71. The van der Waals surface area contributed by atoms with Crippen LogP contribution in [0.2, 0.25) is 0 Å². The molecule has 4 N–H and O–H groups in total. The zero-order valence-corrected chi connectivity index (χ0v) is 37.2. The summed E-state index contributed by atoms with van der Waals surface area (Å²) in [7, 11) is 0. The first kappa shape index (κ1) is 54.9. The normalized spacial score (nSPS) is 20.3. The van der Waals surface area contributed by atoms with Crippen molar-refractivity contribution >= 4 is 17.9 Å². The van der Waals surface area contributed by atoms with Gasteiger partial charge in [-0.25, -0.2) is 4.79 Å². The van der Waals surface area contributed by atoms with E-state index in [-0.39, 0.29) is 19.4 Å². The Hall–Kier alpha value is -3.09. The van der Waals surface area contributed by atoms with Crippen LogP contribution in [-0.2, 0) is 33.3 Å². The van der Waals surface area contributed by atoms with Gasteiger partial charge < -0.3 is 39.4 Å². The van der Waals surface area contributed by atoms with Crippen molar-refractivity contribution in [2.45, 2.75) is 218 Å². The molecule has 1 saturated heterocycles. The van der Waals surface area contributed by atoms with E-state index in [1.54, 1.807) is 0 Å². The minimum atomic E-state index is -1.87. The zero-order valence-electron chi connectivity index (χ0n) is 37.2. The average Bonchev–Trinajstić information content (AvgIpc) is 3.23. The first-order chi connectivity index (χ1) is 29.2. The quantitative estimate of drug-likeness (QED) is 0.0265. The molecule has 0 saturated carbocycles. The molecule has 344 valence electrons. The number of allylic oxidation sites excluding steroid dienone is 10. The lowest BCUT2D eigenvalue weighted by Gasteiger charge is -2.38. The molecule has 1 aliphatic rings. The Kier molecular flexibility index (Phi) is 35.5. The van der Waals surface area contributed by atoms with Crippen LogP contribution in [0.15, 0.2) is 60.8 Å².